The van der Waals surface area contributed by atoms with E-state index in [0.29, 0.717) is 22.4 Å². The van der Waals surface area contributed by atoms with Crippen molar-refractivity contribution < 1.29 is 23.4 Å². The molecule has 0 amide bonds. The van der Waals surface area contributed by atoms with Crippen LogP contribution in [-0.2, 0) is 9.47 Å². The molecule has 1 saturated heterocycles. The van der Waals surface area contributed by atoms with Crippen molar-refractivity contribution in [3.05, 3.63) is 53.3 Å². The normalized spacial score (nSPS) is 22.3. The Bertz CT molecular complexity index is 818. The van der Waals surface area contributed by atoms with Crippen molar-refractivity contribution in [2.75, 3.05) is 14.2 Å². The molecule has 1 heterocycles. The van der Waals surface area contributed by atoms with Gasteiger partial charge in [-0.25, -0.2) is 9.18 Å². The molecule has 0 radical (unpaired) electrons. The molecule has 3 unspecified atom stereocenters. The summed E-state index contributed by atoms with van der Waals surface area (Å²) < 4.78 is 30.7. The van der Waals surface area contributed by atoms with Gasteiger partial charge in [0.15, 0.2) is 0 Å². The van der Waals surface area contributed by atoms with Crippen molar-refractivity contribution in [2.45, 2.75) is 32.5 Å². The molecule has 3 rings (SSSR count). The average molecular weight is 358 g/mol. The second-order valence-electron chi connectivity index (χ2n) is 6.72. The van der Waals surface area contributed by atoms with E-state index in [9.17, 15) is 9.18 Å². The number of rotatable bonds is 4. The van der Waals surface area contributed by atoms with Gasteiger partial charge in [0, 0.05) is 5.56 Å². The van der Waals surface area contributed by atoms with E-state index in [0.717, 1.165) is 12.0 Å². The zero-order chi connectivity index (χ0) is 18.8. The first-order valence-electron chi connectivity index (χ1n) is 8.66. The van der Waals surface area contributed by atoms with Crippen LogP contribution in [0.3, 0.4) is 0 Å². The summed E-state index contributed by atoms with van der Waals surface area (Å²) in [5, 5.41) is 0. The fourth-order valence-corrected chi connectivity index (χ4v) is 3.59. The molecule has 0 N–H and O–H groups in total. The second-order valence-corrected chi connectivity index (χ2v) is 6.72. The summed E-state index contributed by atoms with van der Waals surface area (Å²) in [6.07, 6.45) is 0.808. The minimum absolute atomic E-state index is 0.111. The Hall–Kier alpha value is -2.40. The fourth-order valence-electron chi connectivity index (χ4n) is 3.59. The van der Waals surface area contributed by atoms with E-state index in [1.165, 1.54) is 13.2 Å². The number of ether oxygens (including phenoxy) is 3. The Morgan fingerprint density at radius 3 is 2.50 bits per heavy atom. The number of esters is 1. The van der Waals surface area contributed by atoms with Gasteiger partial charge in [-0.3, -0.25) is 0 Å². The number of halogens is 1. The third kappa shape index (κ3) is 3.44. The second kappa shape index (κ2) is 7.46. The minimum Gasteiger partial charge on any atom is -0.497 e. The molecule has 0 aromatic heterocycles. The Kier molecular flexibility index (Phi) is 5.28. The Morgan fingerprint density at radius 2 is 1.88 bits per heavy atom. The number of hydrogen-bond donors (Lipinski definition) is 0. The summed E-state index contributed by atoms with van der Waals surface area (Å²) in [6, 6.07) is 9.77. The maximum Gasteiger partial charge on any atom is 0.337 e. The first kappa shape index (κ1) is 18.4. The predicted octanol–water partition coefficient (Wildman–Crippen LogP) is 4.77. The summed E-state index contributed by atoms with van der Waals surface area (Å²) in [5.74, 6) is 0.0441. The van der Waals surface area contributed by atoms with Gasteiger partial charge in [-0.1, -0.05) is 13.0 Å². The van der Waals surface area contributed by atoms with Crippen LogP contribution in [-0.4, -0.2) is 26.3 Å². The molecule has 26 heavy (non-hydrogen) atoms. The van der Waals surface area contributed by atoms with Gasteiger partial charge in [-0.2, -0.15) is 0 Å². The molecule has 4 nitrogen and oxygen atoms in total. The van der Waals surface area contributed by atoms with E-state index in [-0.39, 0.29) is 23.9 Å². The molecule has 3 atom stereocenters. The number of carbonyl (C=O) groups excluding carboxylic acids is 1. The summed E-state index contributed by atoms with van der Waals surface area (Å²) in [5.41, 5.74) is 2.33. The topological polar surface area (TPSA) is 44.8 Å². The first-order chi connectivity index (χ1) is 12.4. The summed E-state index contributed by atoms with van der Waals surface area (Å²) in [4.78, 5) is 12.0. The van der Waals surface area contributed by atoms with Crippen LogP contribution in [0.1, 0.15) is 42.3 Å². The van der Waals surface area contributed by atoms with E-state index < -0.39 is 5.97 Å². The maximum atomic E-state index is 14.6. The predicted molar refractivity (Wildman–Crippen MR) is 96.8 cm³/mol. The lowest BCUT2D eigenvalue weighted by atomic mass is 9.88. The van der Waals surface area contributed by atoms with Crippen LogP contribution in [0.2, 0.25) is 0 Å². The van der Waals surface area contributed by atoms with Crippen LogP contribution in [0.15, 0.2) is 36.4 Å². The lowest BCUT2D eigenvalue weighted by molar-refractivity contribution is 0.0454. The molecule has 2 aromatic carbocycles. The number of hydrogen-bond acceptors (Lipinski definition) is 4. The van der Waals surface area contributed by atoms with Gasteiger partial charge in [0.25, 0.3) is 0 Å². The molecule has 5 heteroatoms. The van der Waals surface area contributed by atoms with Crippen LogP contribution in [0.25, 0.3) is 11.1 Å². The van der Waals surface area contributed by atoms with Gasteiger partial charge in [-0.15, -0.1) is 0 Å². The van der Waals surface area contributed by atoms with Gasteiger partial charge in [0.1, 0.15) is 11.6 Å². The van der Waals surface area contributed by atoms with E-state index >= 15 is 0 Å². The third-order valence-electron chi connectivity index (χ3n) is 4.84. The number of methoxy groups -OCH3 is 2. The average Bonchev–Trinajstić information content (AvgIpc) is 2.99. The molecular weight excluding hydrogens is 335 g/mol. The SMILES string of the molecule is COC(=O)c1ccc(-c2cc(OC)ccc2F)c(C2OC(C)CC2C)c1. The molecule has 2 aromatic rings. The van der Waals surface area contributed by atoms with E-state index in [4.69, 9.17) is 14.2 Å². The molecule has 0 aliphatic carbocycles. The van der Waals surface area contributed by atoms with Crippen molar-refractivity contribution >= 4 is 5.97 Å². The van der Waals surface area contributed by atoms with Gasteiger partial charge in [0.05, 0.1) is 32.0 Å². The molecule has 1 aliphatic rings. The van der Waals surface area contributed by atoms with Crippen LogP contribution < -0.4 is 4.74 Å². The molecule has 138 valence electrons. The van der Waals surface area contributed by atoms with Gasteiger partial charge < -0.3 is 14.2 Å². The quantitative estimate of drug-likeness (QED) is 0.738. The van der Waals surface area contributed by atoms with Crippen molar-refractivity contribution in [1.29, 1.82) is 0 Å². The Morgan fingerprint density at radius 1 is 1.12 bits per heavy atom. The summed E-state index contributed by atoms with van der Waals surface area (Å²) in [7, 11) is 2.89. The zero-order valence-electron chi connectivity index (χ0n) is 15.4. The molecule has 0 spiro atoms. The van der Waals surface area contributed by atoms with Crippen LogP contribution in [0.5, 0.6) is 5.75 Å². The Labute approximate surface area is 152 Å². The van der Waals surface area contributed by atoms with Crippen molar-refractivity contribution in [1.82, 2.24) is 0 Å². The third-order valence-corrected chi connectivity index (χ3v) is 4.84. The van der Waals surface area contributed by atoms with Crippen molar-refractivity contribution in [2.24, 2.45) is 5.92 Å². The van der Waals surface area contributed by atoms with Gasteiger partial charge in [0.2, 0.25) is 0 Å². The molecule has 1 aliphatic heterocycles. The maximum absolute atomic E-state index is 14.6. The van der Waals surface area contributed by atoms with E-state index in [2.05, 4.69) is 6.92 Å². The highest BCUT2D eigenvalue weighted by atomic mass is 19.1. The number of carbonyl (C=O) groups is 1. The Balaban J connectivity index is 2.17. The highest BCUT2D eigenvalue weighted by molar-refractivity contribution is 5.90. The fraction of sp³-hybridized carbons (Fsp3) is 0.381. The molecule has 0 saturated carbocycles. The standard InChI is InChI=1S/C21H23FO4/c1-12-9-13(2)26-20(12)18-10-14(21(23)25-4)5-7-16(18)17-11-15(24-3)6-8-19(17)22/h5-8,10-13,20H,9H2,1-4H3. The highest BCUT2D eigenvalue weighted by Crippen LogP contribution is 2.43. The van der Waals surface area contributed by atoms with Gasteiger partial charge in [-0.05, 0) is 60.7 Å². The summed E-state index contributed by atoms with van der Waals surface area (Å²) in [6.45, 7) is 4.12. The lowest BCUT2D eigenvalue weighted by Gasteiger charge is -2.21. The van der Waals surface area contributed by atoms with E-state index in [1.54, 1.807) is 37.4 Å². The minimum atomic E-state index is -0.428. The first-order valence-corrected chi connectivity index (χ1v) is 8.66. The molecular formula is C21H23FO4. The van der Waals surface area contributed by atoms with Crippen molar-refractivity contribution in [3.63, 3.8) is 0 Å². The van der Waals surface area contributed by atoms with E-state index in [1.807, 2.05) is 6.92 Å². The van der Waals surface area contributed by atoms with Crippen LogP contribution >= 0.6 is 0 Å². The molecule has 1 fully saturated rings. The lowest BCUT2D eigenvalue weighted by Crippen LogP contribution is -2.10. The van der Waals surface area contributed by atoms with Gasteiger partial charge >= 0.3 is 5.97 Å². The number of benzene rings is 2. The van der Waals surface area contributed by atoms with Crippen molar-refractivity contribution in [3.8, 4) is 16.9 Å². The monoisotopic (exact) mass is 358 g/mol. The summed E-state index contributed by atoms with van der Waals surface area (Å²) >= 11 is 0. The largest absolute Gasteiger partial charge is 0.497 e. The van der Waals surface area contributed by atoms with Crippen LogP contribution in [0, 0.1) is 11.7 Å². The molecule has 0 bridgehead atoms. The highest BCUT2D eigenvalue weighted by Gasteiger charge is 2.33. The zero-order valence-corrected chi connectivity index (χ0v) is 15.4. The smallest absolute Gasteiger partial charge is 0.337 e. The van der Waals surface area contributed by atoms with Crippen LogP contribution in [0.4, 0.5) is 4.39 Å².